The summed E-state index contributed by atoms with van der Waals surface area (Å²) in [5.41, 5.74) is 1.60. The number of imide groups is 1. The number of benzene rings is 3. The molecule has 0 radical (unpaired) electrons. The van der Waals surface area contributed by atoms with E-state index < -0.39 is 23.7 Å². The van der Waals surface area contributed by atoms with Gasteiger partial charge in [0.05, 0.1) is 18.2 Å². The predicted molar refractivity (Wildman–Crippen MR) is 132 cm³/mol. The molecule has 2 N–H and O–H groups in total. The number of hydrogen-bond acceptors (Lipinski definition) is 6. The van der Waals surface area contributed by atoms with Gasteiger partial charge in [0.15, 0.2) is 0 Å². The van der Waals surface area contributed by atoms with Gasteiger partial charge in [-0.25, -0.2) is 0 Å². The second-order valence-electron chi connectivity index (χ2n) is 7.81. The van der Waals surface area contributed by atoms with Crippen molar-refractivity contribution < 1.29 is 24.3 Å². The van der Waals surface area contributed by atoms with Crippen LogP contribution in [0.5, 0.6) is 0 Å². The van der Waals surface area contributed by atoms with Crippen molar-refractivity contribution in [3.63, 3.8) is 0 Å². The highest BCUT2D eigenvalue weighted by Crippen LogP contribution is 2.26. The van der Waals surface area contributed by atoms with E-state index in [-0.39, 0.29) is 35.1 Å². The zero-order valence-electron chi connectivity index (χ0n) is 18.6. The fourth-order valence-electron chi connectivity index (χ4n) is 3.57. The number of nitrogens with one attached hydrogen (secondary N) is 2. The molecule has 10 heteroatoms. The van der Waals surface area contributed by atoms with Gasteiger partial charge in [-0.1, -0.05) is 71.7 Å². The highest BCUT2D eigenvalue weighted by molar-refractivity contribution is 6.47. The molecule has 8 nitrogen and oxygen atoms in total. The lowest BCUT2D eigenvalue weighted by Crippen LogP contribution is -2.33. The predicted octanol–water partition coefficient (Wildman–Crippen LogP) is 3.06. The molecule has 3 amide bonds. The fraction of sp³-hybridized carbons (Fsp3) is 0.0769. The number of aromatic carboxylic acids is 1. The molecule has 3 aromatic carbocycles. The van der Waals surface area contributed by atoms with Crippen LogP contribution in [0, 0.1) is 0 Å². The average molecular weight is 523 g/mol. The quantitative estimate of drug-likeness (QED) is 0.439. The van der Waals surface area contributed by atoms with E-state index in [1.54, 1.807) is 54.6 Å². The number of amides is 3. The fourth-order valence-corrected chi connectivity index (χ4v) is 4.01. The number of para-hydroxylation sites is 1. The first-order valence-corrected chi connectivity index (χ1v) is 11.5. The van der Waals surface area contributed by atoms with E-state index in [9.17, 15) is 24.3 Å². The van der Waals surface area contributed by atoms with Crippen molar-refractivity contribution in [2.75, 3.05) is 5.32 Å². The van der Waals surface area contributed by atoms with Gasteiger partial charge in [0, 0.05) is 22.7 Å². The number of hydrogen-bond donors (Lipinski definition) is 2. The van der Waals surface area contributed by atoms with Gasteiger partial charge in [0.1, 0.15) is 10.7 Å². The number of nitrogens with zero attached hydrogens (tertiary/aromatic N) is 1. The van der Waals surface area contributed by atoms with Gasteiger partial charge in [0.2, 0.25) is 0 Å². The Kier molecular flexibility index (Phi) is 7.38. The van der Waals surface area contributed by atoms with Gasteiger partial charge >= 0.3 is 0 Å². The highest BCUT2D eigenvalue weighted by Gasteiger charge is 2.37. The minimum atomic E-state index is -1.40. The third-order valence-corrected chi connectivity index (χ3v) is 6.20. The summed E-state index contributed by atoms with van der Waals surface area (Å²) in [4.78, 5) is 50.1. The van der Waals surface area contributed by atoms with Crippen LogP contribution < -0.4 is 15.7 Å². The van der Waals surface area contributed by atoms with E-state index >= 15 is 0 Å². The van der Waals surface area contributed by atoms with Gasteiger partial charge in [-0.05, 0) is 35.4 Å². The third-order valence-electron chi connectivity index (χ3n) is 5.48. The zero-order valence-corrected chi connectivity index (χ0v) is 20.1. The Hall–Kier alpha value is -4.14. The van der Waals surface area contributed by atoms with Crippen molar-refractivity contribution in [2.24, 2.45) is 0 Å². The molecule has 0 unspecified atom stereocenters. The van der Waals surface area contributed by atoms with Crippen molar-refractivity contribution in [1.29, 1.82) is 0 Å². The van der Waals surface area contributed by atoms with E-state index in [2.05, 4.69) is 10.6 Å². The van der Waals surface area contributed by atoms with Crippen molar-refractivity contribution in [2.45, 2.75) is 13.1 Å². The van der Waals surface area contributed by atoms with Crippen molar-refractivity contribution in [1.82, 2.24) is 10.2 Å². The number of carboxylic acid groups (broad SMARTS) is 1. The number of halogens is 2. The molecule has 0 atom stereocenters. The first-order chi connectivity index (χ1) is 17.3. The van der Waals surface area contributed by atoms with Gasteiger partial charge in [-0.3, -0.25) is 19.3 Å². The Bertz CT molecular complexity index is 1400. The second-order valence-corrected chi connectivity index (χ2v) is 8.60. The van der Waals surface area contributed by atoms with E-state index in [1.165, 1.54) is 18.2 Å². The largest absolute Gasteiger partial charge is 0.545 e. The van der Waals surface area contributed by atoms with E-state index in [0.29, 0.717) is 21.7 Å². The van der Waals surface area contributed by atoms with Crippen LogP contribution in [0.15, 0.2) is 83.5 Å². The summed E-state index contributed by atoms with van der Waals surface area (Å²) in [5.74, 6) is -3.08. The Morgan fingerprint density at radius 3 is 2.22 bits per heavy atom. The third kappa shape index (κ3) is 5.25. The lowest BCUT2D eigenvalue weighted by Gasteiger charge is -2.16. The van der Waals surface area contributed by atoms with Crippen LogP contribution in [0.4, 0.5) is 5.69 Å². The lowest BCUT2D eigenvalue weighted by atomic mass is 10.1. The molecule has 0 aromatic heterocycles. The SMILES string of the molecule is O=C(Nc1ccccc1C(=O)[O-])c1ccc(CNC2=C(Cl)C(=O)N(Cc3ccccc3Cl)C2=O)cc1. The molecule has 4 rings (SSSR count). The van der Waals surface area contributed by atoms with E-state index in [1.807, 2.05) is 0 Å². The van der Waals surface area contributed by atoms with Crippen molar-refractivity contribution in [3.05, 3.63) is 111 Å². The van der Waals surface area contributed by atoms with Gasteiger partial charge in [-0.15, -0.1) is 0 Å². The molecule has 0 bridgehead atoms. The molecule has 1 aliphatic heterocycles. The minimum Gasteiger partial charge on any atom is -0.545 e. The smallest absolute Gasteiger partial charge is 0.278 e. The molecule has 3 aromatic rings. The molecular formula is C26H18Cl2N3O5-. The lowest BCUT2D eigenvalue weighted by molar-refractivity contribution is -0.254. The molecule has 0 saturated heterocycles. The Labute approximate surface area is 216 Å². The Morgan fingerprint density at radius 1 is 0.861 bits per heavy atom. The maximum Gasteiger partial charge on any atom is 0.278 e. The maximum absolute atomic E-state index is 12.8. The summed E-state index contributed by atoms with van der Waals surface area (Å²) >= 11 is 12.3. The normalized spacial score (nSPS) is 13.2. The van der Waals surface area contributed by atoms with Crippen LogP contribution in [-0.2, 0) is 22.7 Å². The van der Waals surface area contributed by atoms with Crippen molar-refractivity contribution >= 4 is 52.6 Å². The van der Waals surface area contributed by atoms with Crippen LogP contribution >= 0.6 is 23.2 Å². The Balaban J connectivity index is 1.39. The number of carbonyl (C=O) groups is 4. The van der Waals surface area contributed by atoms with Crippen molar-refractivity contribution in [3.8, 4) is 0 Å². The summed E-state index contributed by atoms with van der Waals surface area (Å²) in [6.45, 7) is 0.156. The molecule has 0 aliphatic carbocycles. The molecule has 0 saturated carbocycles. The number of anilines is 1. The van der Waals surface area contributed by atoms with E-state index in [0.717, 1.165) is 4.90 Å². The summed E-state index contributed by atoms with van der Waals surface area (Å²) in [5, 5.41) is 16.9. The molecular weight excluding hydrogens is 505 g/mol. The molecule has 182 valence electrons. The Morgan fingerprint density at radius 2 is 1.53 bits per heavy atom. The molecule has 36 heavy (non-hydrogen) atoms. The molecule has 1 aliphatic rings. The topological polar surface area (TPSA) is 119 Å². The van der Waals surface area contributed by atoms with Crippen LogP contribution in [0.3, 0.4) is 0 Å². The number of rotatable bonds is 8. The average Bonchev–Trinajstić information content (AvgIpc) is 3.07. The van der Waals surface area contributed by atoms with Crippen LogP contribution in [0.2, 0.25) is 5.02 Å². The molecule has 0 spiro atoms. The number of carboxylic acids is 1. The van der Waals surface area contributed by atoms with Crippen LogP contribution in [0.25, 0.3) is 0 Å². The van der Waals surface area contributed by atoms with Crippen LogP contribution in [0.1, 0.15) is 31.8 Å². The summed E-state index contributed by atoms with van der Waals surface area (Å²) in [6, 6.07) is 19.2. The zero-order chi connectivity index (χ0) is 25.8. The van der Waals surface area contributed by atoms with Gasteiger partial charge in [-0.2, -0.15) is 0 Å². The monoisotopic (exact) mass is 522 g/mol. The molecule has 1 heterocycles. The number of carbonyl (C=O) groups excluding carboxylic acids is 4. The van der Waals surface area contributed by atoms with E-state index in [4.69, 9.17) is 23.2 Å². The standard InChI is InChI=1S/C26H19Cl2N3O5/c27-19-7-3-1-5-17(19)14-31-24(33)21(28)22(25(31)34)29-13-15-9-11-16(12-10-15)23(32)30-20-8-4-2-6-18(20)26(35)36/h1-12,29H,13-14H2,(H,30,32)(H,35,36)/p-1. The molecule has 0 fully saturated rings. The maximum atomic E-state index is 12.8. The summed E-state index contributed by atoms with van der Waals surface area (Å²) < 4.78 is 0. The minimum absolute atomic E-state index is 0.0103. The summed E-state index contributed by atoms with van der Waals surface area (Å²) in [7, 11) is 0. The second kappa shape index (κ2) is 10.6. The first kappa shape index (κ1) is 25.0. The van der Waals surface area contributed by atoms with Gasteiger partial charge in [0.25, 0.3) is 17.7 Å². The van der Waals surface area contributed by atoms with Gasteiger partial charge < -0.3 is 20.5 Å². The van der Waals surface area contributed by atoms with Crippen LogP contribution in [-0.4, -0.2) is 28.6 Å². The highest BCUT2D eigenvalue weighted by atomic mass is 35.5. The first-order valence-electron chi connectivity index (χ1n) is 10.7. The summed E-state index contributed by atoms with van der Waals surface area (Å²) in [6.07, 6.45) is 0.